The third-order valence-corrected chi connectivity index (χ3v) is 3.05. The van der Waals surface area contributed by atoms with Crippen molar-refractivity contribution in [3.63, 3.8) is 0 Å². The van der Waals surface area contributed by atoms with E-state index in [2.05, 4.69) is 15.8 Å². The van der Waals surface area contributed by atoms with Gasteiger partial charge in [-0.25, -0.2) is 9.59 Å². The van der Waals surface area contributed by atoms with Gasteiger partial charge in [0.25, 0.3) is 0 Å². The molecular weight excluding hydrogens is 278 g/mol. The number of nitrogens with zero attached hydrogens (tertiary/aromatic N) is 1. The fraction of sp³-hybridized carbons (Fsp3) is 0.615. The summed E-state index contributed by atoms with van der Waals surface area (Å²) in [5, 5.41) is 17.9. The molecule has 0 aliphatic heterocycles. The van der Waals surface area contributed by atoms with E-state index < -0.39 is 18.0 Å². The van der Waals surface area contributed by atoms with Gasteiger partial charge in [-0.05, 0) is 26.7 Å². The molecule has 1 aromatic rings. The van der Waals surface area contributed by atoms with Gasteiger partial charge in [0.1, 0.15) is 11.8 Å². The Morgan fingerprint density at radius 1 is 1.43 bits per heavy atom. The number of carboxylic acids is 1. The number of carbonyl (C=O) groups is 2. The molecule has 0 saturated carbocycles. The minimum atomic E-state index is -1.07. The molecule has 0 bridgehead atoms. The molecule has 0 aliphatic carbocycles. The van der Waals surface area contributed by atoms with Crippen LogP contribution in [0.25, 0.3) is 0 Å². The number of methoxy groups -OCH3 is 1. The SMILES string of the molecule is COCCCC(NC(=O)NCc1c(C)noc1C)C(=O)O. The topological polar surface area (TPSA) is 114 Å². The van der Waals surface area contributed by atoms with Gasteiger partial charge in [-0.3, -0.25) is 0 Å². The molecule has 0 aromatic carbocycles. The normalized spacial score (nSPS) is 12.0. The van der Waals surface area contributed by atoms with Gasteiger partial charge >= 0.3 is 12.0 Å². The Balaban J connectivity index is 2.45. The Hall–Kier alpha value is -2.09. The summed E-state index contributed by atoms with van der Waals surface area (Å²) in [5.41, 5.74) is 1.49. The van der Waals surface area contributed by atoms with Crippen molar-refractivity contribution in [3.8, 4) is 0 Å². The molecule has 1 rings (SSSR count). The van der Waals surface area contributed by atoms with E-state index >= 15 is 0 Å². The summed E-state index contributed by atoms with van der Waals surface area (Å²) in [6, 6.07) is -1.48. The molecule has 0 radical (unpaired) electrons. The number of amides is 2. The Bertz CT molecular complexity index is 467. The van der Waals surface area contributed by atoms with Gasteiger partial charge in [0, 0.05) is 25.8 Å². The lowest BCUT2D eigenvalue weighted by atomic mass is 10.1. The monoisotopic (exact) mass is 299 g/mol. The Kier molecular flexibility index (Phi) is 6.67. The summed E-state index contributed by atoms with van der Waals surface area (Å²) in [6.07, 6.45) is 0.861. The minimum Gasteiger partial charge on any atom is -0.480 e. The summed E-state index contributed by atoms with van der Waals surface area (Å²) in [7, 11) is 1.54. The Labute approximate surface area is 122 Å². The number of aryl methyl sites for hydroxylation is 2. The molecule has 2 amide bonds. The van der Waals surface area contributed by atoms with E-state index in [-0.39, 0.29) is 6.54 Å². The van der Waals surface area contributed by atoms with Gasteiger partial charge in [0.15, 0.2) is 0 Å². The molecule has 3 N–H and O–H groups in total. The van der Waals surface area contributed by atoms with Gasteiger partial charge < -0.3 is 25.0 Å². The molecule has 1 unspecified atom stereocenters. The molecule has 21 heavy (non-hydrogen) atoms. The molecule has 1 aromatic heterocycles. The largest absolute Gasteiger partial charge is 0.480 e. The first-order valence-corrected chi connectivity index (χ1v) is 6.63. The number of ether oxygens (including phenoxy) is 1. The van der Waals surface area contributed by atoms with Crippen LogP contribution in [-0.2, 0) is 16.1 Å². The number of carboxylic acid groups (broad SMARTS) is 1. The van der Waals surface area contributed by atoms with Crippen LogP contribution in [0.1, 0.15) is 29.9 Å². The zero-order valence-electron chi connectivity index (χ0n) is 12.4. The molecule has 0 spiro atoms. The lowest BCUT2D eigenvalue weighted by Crippen LogP contribution is -2.45. The van der Waals surface area contributed by atoms with Gasteiger partial charge in [-0.1, -0.05) is 5.16 Å². The van der Waals surface area contributed by atoms with Crippen LogP contribution in [0.2, 0.25) is 0 Å². The third-order valence-electron chi connectivity index (χ3n) is 3.05. The van der Waals surface area contributed by atoms with Crippen molar-refractivity contribution in [1.82, 2.24) is 15.8 Å². The van der Waals surface area contributed by atoms with Crippen LogP contribution < -0.4 is 10.6 Å². The number of hydrogen-bond acceptors (Lipinski definition) is 5. The van der Waals surface area contributed by atoms with Gasteiger partial charge in [0.2, 0.25) is 0 Å². The summed E-state index contributed by atoms with van der Waals surface area (Å²) >= 11 is 0. The van der Waals surface area contributed by atoms with Crippen LogP contribution in [0.5, 0.6) is 0 Å². The quantitative estimate of drug-likeness (QED) is 0.616. The van der Waals surface area contributed by atoms with Crippen molar-refractivity contribution >= 4 is 12.0 Å². The second-order valence-electron chi connectivity index (χ2n) is 4.66. The molecule has 0 aliphatic rings. The molecule has 8 heteroatoms. The summed E-state index contributed by atoms with van der Waals surface area (Å²) in [4.78, 5) is 22.8. The summed E-state index contributed by atoms with van der Waals surface area (Å²) in [5.74, 6) is -0.443. The lowest BCUT2D eigenvalue weighted by molar-refractivity contribution is -0.139. The van der Waals surface area contributed by atoms with E-state index in [0.29, 0.717) is 30.9 Å². The van der Waals surface area contributed by atoms with E-state index in [1.807, 2.05) is 0 Å². The van der Waals surface area contributed by atoms with Gasteiger partial charge in [-0.2, -0.15) is 0 Å². The molecular formula is C13H21N3O5. The van der Waals surface area contributed by atoms with E-state index in [1.54, 1.807) is 21.0 Å². The van der Waals surface area contributed by atoms with E-state index in [0.717, 1.165) is 5.56 Å². The van der Waals surface area contributed by atoms with Crippen molar-refractivity contribution < 1.29 is 24.0 Å². The van der Waals surface area contributed by atoms with Crippen LogP contribution in [0.3, 0.4) is 0 Å². The van der Waals surface area contributed by atoms with Crippen LogP contribution in [-0.4, -0.2) is 42.0 Å². The summed E-state index contributed by atoms with van der Waals surface area (Å²) < 4.78 is 9.84. The molecule has 1 heterocycles. The zero-order chi connectivity index (χ0) is 15.8. The van der Waals surface area contributed by atoms with Crippen LogP contribution in [0.4, 0.5) is 4.79 Å². The number of urea groups is 1. The van der Waals surface area contributed by atoms with Crippen LogP contribution >= 0.6 is 0 Å². The number of aliphatic carboxylic acids is 1. The predicted octanol–water partition coefficient (Wildman–Crippen LogP) is 0.970. The fourth-order valence-corrected chi connectivity index (χ4v) is 1.82. The Morgan fingerprint density at radius 2 is 2.14 bits per heavy atom. The maximum atomic E-state index is 11.7. The smallest absolute Gasteiger partial charge is 0.326 e. The highest BCUT2D eigenvalue weighted by atomic mass is 16.5. The fourth-order valence-electron chi connectivity index (χ4n) is 1.82. The molecule has 8 nitrogen and oxygen atoms in total. The maximum Gasteiger partial charge on any atom is 0.326 e. The number of hydrogen-bond donors (Lipinski definition) is 3. The zero-order valence-corrected chi connectivity index (χ0v) is 12.4. The van der Waals surface area contributed by atoms with Crippen molar-refractivity contribution in [2.24, 2.45) is 0 Å². The van der Waals surface area contributed by atoms with E-state index in [4.69, 9.17) is 14.4 Å². The van der Waals surface area contributed by atoms with E-state index in [1.165, 1.54) is 0 Å². The number of rotatable bonds is 8. The second-order valence-corrected chi connectivity index (χ2v) is 4.66. The predicted molar refractivity (Wildman–Crippen MR) is 73.9 cm³/mol. The molecule has 0 saturated heterocycles. The Morgan fingerprint density at radius 3 is 2.67 bits per heavy atom. The number of carbonyl (C=O) groups excluding carboxylic acids is 1. The first kappa shape index (κ1) is 17.0. The first-order chi connectivity index (χ1) is 9.95. The minimum absolute atomic E-state index is 0.234. The third kappa shape index (κ3) is 5.42. The molecule has 118 valence electrons. The van der Waals surface area contributed by atoms with Gasteiger partial charge in [-0.15, -0.1) is 0 Å². The maximum absolute atomic E-state index is 11.7. The average Bonchev–Trinajstić information content (AvgIpc) is 2.74. The number of nitrogens with one attached hydrogen (secondary N) is 2. The molecule has 1 atom stereocenters. The highest BCUT2D eigenvalue weighted by molar-refractivity contribution is 5.82. The van der Waals surface area contributed by atoms with Crippen LogP contribution in [0.15, 0.2) is 4.52 Å². The summed E-state index contributed by atoms with van der Waals surface area (Å²) in [6.45, 7) is 4.21. The van der Waals surface area contributed by atoms with Crippen molar-refractivity contribution in [3.05, 3.63) is 17.0 Å². The van der Waals surface area contributed by atoms with Crippen molar-refractivity contribution in [1.29, 1.82) is 0 Å². The second kappa shape index (κ2) is 8.25. The lowest BCUT2D eigenvalue weighted by Gasteiger charge is -2.14. The average molecular weight is 299 g/mol. The molecule has 0 fully saturated rings. The van der Waals surface area contributed by atoms with Crippen molar-refractivity contribution in [2.45, 2.75) is 39.3 Å². The van der Waals surface area contributed by atoms with E-state index in [9.17, 15) is 9.59 Å². The standard InChI is InChI=1S/C13H21N3O5/c1-8-10(9(2)21-16-8)7-14-13(19)15-11(12(17)18)5-4-6-20-3/h11H,4-7H2,1-3H3,(H,17,18)(H2,14,15,19). The number of aromatic nitrogens is 1. The first-order valence-electron chi connectivity index (χ1n) is 6.63. The van der Waals surface area contributed by atoms with Crippen LogP contribution in [0, 0.1) is 13.8 Å². The highest BCUT2D eigenvalue weighted by Crippen LogP contribution is 2.11. The van der Waals surface area contributed by atoms with Gasteiger partial charge in [0.05, 0.1) is 5.69 Å². The highest BCUT2D eigenvalue weighted by Gasteiger charge is 2.19. The van der Waals surface area contributed by atoms with Crippen molar-refractivity contribution in [2.75, 3.05) is 13.7 Å².